The van der Waals surface area contributed by atoms with E-state index < -0.39 is 4.92 Å². The molecule has 16 heavy (non-hydrogen) atoms. The minimum Gasteiger partial charge on any atom is -0.487 e. The van der Waals surface area contributed by atoms with E-state index in [1.54, 1.807) is 6.07 Å². The number of rotatable bonds is 6. The van der Waals surface area contributed by atoms with Crippen LogP contribution in [-0.4, -0.2) is 16.9 Å². The highest BCUT2D eigenvalue weighted by molar-refractivity contribution is 9.09. The molecule has 0 aliphatic rings. The molecule has 0 radical (unpaired) electrons. The smallest absolute Gasteiger partial charge is 0.312 e. The first kappa shape index (κ1) is 13.3. The number of hydrogen-bond donors (Lipinski definition) is 0. The zero-order valence-electron chi connectivity index (χ0n) is 8.49. The number of alkyl halides is 1. The molecule has 4 nitrogen and oxygen atoms in total. The highest BCUT2D eigenvalue weighted by Crippen LogP contribution is 2.29. The molecule has 0 saturated carbocycles. The summed E-state index contributed by atoms with van der Waals surface area (Å²) in [4.78, 5) is 10.2. The van der Waals surface area contributed by atoms with Crippen molar-refractivity contribution in [3.63, 3.8) is 0 Å². The average molecular weight is 309 g/mol. The second kappa shape index (κ2) is 6.70. The lowest BCUT2D eigenvalue weighted by Crippen LogP contribution is -2.00. The number of ether oxygens (including phenoxy) is 1. The lowest BCUT2D eigenvalue weighted by molar-refractivity contribution is -0.385. The zero-order chi connectivity index (χ0) is 12.0. The Morgan fingerprint density at radius 2 is 2.19 bits per heavy atom. The Morgan fingerprint density at radius 3 is 2.81 bits per heavy atom. The van der Waals surface area contributed by atoms with E-state index in [0.29, 0.717) is 11.6 Å². The highest BCUT2D eigenvalue weighted by atomic mass is 79.9. The number of benzene rings is 1. The van der Waals surface area contributed by atoms with E-state index in [1.807, 2.05) is 0 Å². The molecule has 0 heterocycles. The van der Waals surface area contributed by atoms with Crippen LogP contribution in [0.1, 0.15) is 12.8 Å². The number of nitro benzene ring substituents is 1. The SMILES string of the molecule is O=[N+]([O-])c1cc(Cl)ccc1OCCCCBr. The van der Waals surface area contributed by atoms with Crippen molar-refractivity contribution in [2.45, 2.75) is 12.8 Å². The highest BCUT2D eigenvalue weighted by Gasteiger charge is 2.15. The quantitative estimate of drug-likeness (QED) is 0.347. The van der Waals surface area contributed by atoms with E-state index >= 15 is 0 Å². The Hall–Kier alpha value is -0.810. The van der Waals surface area contributed by atoms with Gasteiger partial charge < -0.3 is 4.74 Å². The topological polar surface area (TPSA) is 52.4 Å². The third kappa shape index (κ3) is 3.98. The van der Waals surface area contributed by atoms with Crippen molar-refractivity contribution in [2.75, 3.05) is 11.9 Å². The molecule has 88 valence electrons. The minimum atomic E-state index is -0.494. The maximum Gasteiger partial charge on any atom is 0.312 e. The van der Waals surface area contributed by atoms with Gasteiger partial charge in [-0.05, 0) is 25.0 Å². The molecule has 0 spiro atoms. The molecular weight excluding hydrogens is 297 g/mol. The fraction of sp³-hybridized carbons (Fsp3) is 0.400. The maximum absolute atomic E-state index is 10.7. The minimum absolute atomic E-state index is 0.0913. The van der Waals surface area contributed by atoms with Crippen molar-refractivity contribution in [1.29, 1.82) is 0 Å². The van der Waals surface area contributed by atoms with Crippen molar-refractivity contribution in [2.24, 2.45) is 0 Å². The molecule has 0 atom stereocenters. The molecule has 0 unspecified atom stereocenters. The van der Waals surface area contributed by atoms with Gasteiger partial charge in [-0.2, -0.15) is 0 Å². The largest absolute Gasteiger partial charge is 0.487 e. The Morgan fingerprint density at radius 1 is 1.44 bits per heavy atom. The van der Waals surface area contributed by atoms with Crippen LogP contribution < -0.4 is 4.74 Å². The van der Waals surface area contributed by atoms with Crippen LogP contribution in [0.25, 0.3) is 0 Å². The van der Waals surface area contributed by atoms with Gasteiger partial charge in [0.25, 0.3) is 0 Å². The Bertz CT molecular complexity index is 373. The van der Waals surface area contributed by atoms with Crippen LogP contribution in [0.4, 0.5) is 5.69 Å². The van der Waals surface area contributed by atoms with Crippen LogP contribution in [0.3, 0.4) is 0 Å². The molecule has 0 aromatic heterocycles. The monoisotopic (exact) mass is 307 g/mol. The Kier molecular flexibility index (Phi) is 5.55. The second-order valence-corrected chi connectivity index (χ2v) is 4.34. The summed E-state index contributed by atoms with van der Waals surface area (Å²) in [5.74, 6) is 0.268. The van der Waals surface area contributed by atoms with Gasteiger partial charge in [-0.3, -0.25) is 10.1 Å². The molecule has 1 rings (SSSR count). The summed E-state index contributed by atoms with van der Waals surface area (Å²) < 4.78 is 5.33. The van der Waals surface area contributed by atoms with Crippen LogP contribution in [0.5, 0.6) is 5.75 Å². The first-order valence-electron chi connectivity index (χ1n) is 4.78. The summed E-state index contributed by atoms with van der Waals surface area (Å²) in [6.45, 7) is 0.466. The third-order valence-corrected chi connectivity index (χ3v) is 2.70. The van der Waals surface area contributed by atoms with Crippen LogP contribution >= 0.6 is 27.5 Å². The summed E-state index contributed by atoms with van der Waals surface area (Å²) in [6, 6.07) is 4.39. The fourth-order valence-corrected chi connectivity index (χ4v) is 1.70. The lowest BCUT2D eigenvalue weighted by atomic mass is 10.3. The lowest BCUT2D eigenvalue weighted by Gasteiger charge is -2.06. The molecule has 0 saturated heterocycles. The molecule has 0 fully saturated rings. The molecule has 0 aliphatic heterocycles. The van der Waals surface area contributed by atoms with Gasteiger partial charge in [0.1, 0.15) is 0 Å². The van der Waals surface area contributed by atoms with Crippen LogP contribution in [0.15, 0.2) is 18.2 Å². The average Bonchev–Trinajstić information content (AvgIpc) is 2.26. The second-order valence-electron chi connectivity index (χ2n) is 3.11. The predicted molar refractivity (Wildman–Crippen MR) is 66.6 cm³/mol. The van der Waals surface area contributed by atoms with Gasteiger partial charge >= 0.3 is 5.69 Å². The van der Waals surface area contributed by atoms with Crippen molar-refractivity contribution in [1.82, 2.24) is 0 Å². The van der Waals surface area contributed by atoms with Crippen LogP contribution in [0.2, 0.25) is 5.02 Å². The third-order valence-electron chi connectivity index (χ3n) is 1.90. The molecule has 0 amide bonds. The van der Waals surface area contributed by atoms with Crippen LogP contribution in [0, 0.1) is 10.1 Å². The van der Waals surface area contributed by atoms with E-state index in [9.17, 15) is 10.1 Å². The molecule has 1 aromatic carbocycles. The number of hydrogen-bond acceptors (Lipinski definition) is 3. The zero-order valence-corrected chi connectivity index (χ0v) is 10.8. The van der Waals surface area contributed by atoms with E-state index in [0.717, 1.165) is 18.2 Å². The number of nitrogens with zero attached hydrogens (tertiary/aromatic N) is 1. The van der Waals surface area contributed by atoms with Crippen molar-refractivity contribution < 1.29 is 9.66 Å². The van der Waals surface area contributed by atoms with Gasteiger partial charge in [-0.1, -0.05) is 27.5 Å². The Balaban J connectivity index is 2.67. The summed E-state index contributed by atoms with van der Waals surface area (Å²) in [5.41, 5.74) is -0.0913. The summed E-state index contributed by atoms with van der Waals surface area (Å²) in [6.07, 6.45) is 1.83. The van der Waals surface area contributed by atoms with E-state index in [1.165, 1.54) is 12.1 Å². The summed E-state index contributed by atoms with van der Waals surface area (Å²) >= 11 is 8.98. The van der Waals surface area contributed by atoms with Gasteiger partial charge in [0.2, 0.25) is 0 Å². The first-order valence-corrected chi connectivity index (χ1v) is 6.28. The Labute approximate surface area is 107 Å². The van der Waals surface area contributed by atoms with Gasteiger partial charge in [0, 0.05) is 16.4 Å². The van der Waals surface area contributed by atoms with E-state index in [-0.39, 0.29) is 11.4 Å². The molecule has 0 bridgehead atoms. The number of halogens is 2. The van der Waals surface area contributed by atoms with Gasteiger partial charge in [0.05, 0.1) is 11.5 Å². The van der Waals surface area contributed by atoms with E-state index in [4.69, 9.17) is 16.3 Å². The molecule has 6 heteroatoms. The normalized spacial score (nSPS) is 10.1. The summed E-state index contributed by atoms with van der Waals surface area (Å²) in [7, 11) is 0. The van der Waals surface area contributed by atoms with Gasteiger partial charge in [0.15, 0.2) is 5.75 Å². The van der Waals surface area contributed by atoms with Gasteiger partial charge in [-0.15, -0.1) is 0 Å². The van der Waals surface area contributed by atoms with Crippen molar-refractivity contribution >= 4 is 33.2 Å². The van der Waals surface area contributed by atoms with Gasteiger partial charge in [-0.25, -0.2) is 0 Å². The van der Waals surface area contributed by atoms with Crippen LogP contribution in [-0.2, 0) is 0 Å². The number of unbranched alkanes of at least 4 members (excludes halogenated alkanes) is 1. The first-order chi connectivity index (χ1) is 7.65. The maximum atomic E-state index is 10.7. The van der Waals surface area contributed by atoms with Crippen molar-refractivity contribution in [3.05, 3.63) is 33.3 Å². The molecule has 0 aliphatic carbocycles. The molecular formula is C10H11BrClNO3. The predicted octanol–water partition coefficient (Wildman–Crippen LogP) is 3.80. The fourth-order valence-electron chi connectivity index (χ4n) is 1.13. The summed E-state index contributed by atoms with van der Waals surface area (Å²) in [5, 5.41) is 12.0. The molecule has 1 aromatic rings. The molecule has 0 N–H and O–H groups in total. The number of nitro groups is 1. The van der Waals surface area contributed by atoms with E-state index in [2.05, 4.69) is 15.9 Å². The van der Waals surface area contributed by atoms with Crippen molar-refractivity contribution in [3.8, 4) is 5.75 Å². The standard InChI is InChI=1S/C10H11BrClNO3/c11-5-1-2-6-16-10-4-3-8(12)7-9(10)13(14)15/h3-4,7H,1-2,5-6H2.